The average molecular weight is 286 g/mol. The standard InChI is InChI=1S/C17H22N2O2/c1-6-19(14-10-8-7-9-12(14)4)17(20)15-13(5)21-16(18-15)11(2)3/h7-11H,6H2,1-5H3. The first-order valence-corrected chi connectivity index (χ1v) is 7.30. The Morgan fingerprint density at radius 3 is 2.48 bits per heavy atom. The van der Waals surface area contributed by atoms with E-state index in [2.05, 4.69) is 4.98 Å². The lowest BCUT2D eigenvalue weighted by Crippen LogP contribution is -2.32. The fourth-order valence-corrected chi connectivity index (χ4v) is 2.28. The molecule has 4 nitrogen and oxygen atoms in total. The van der Waals surface area contributed by atoms with Gasteiger partial charge in [0.05, 0.1) is 0 Å². The second-order valence-electron chi connectivity index (χ2n) is 5.45. The normalized spacial score (nSPS) is 11.0. The summed E-state index contributed by atoms with van der Waals surface area (Å²) in [5.41, 5.74) is 2.39. The third-order valence-corrected chi connectivity index (χ3v) is 3.48. The molecule has 4 heteroatoms. The number of carbonyl (C=O) groups excluding carboxylic acids is 1. The molecule has 0 atom stereocenters. The summed E-state index contributed by atoms with van der Waals surface area (Å²) in [5, 5.41) is 0. The minimum atomic E-state index is -0.111. The molecule has 0 N–H and O–H groups in total. The lowest BCUT2D eigenvalue weighted by Gasteiger charge is -2.22. The molecule has 112 valence electrons. The van der Waals surface area contributed by atoms with Gasteiger partial charge in [-0.2, -0.15) is 0 Å². The van der Waals surface area contributed by atoms with E-state index in [0.29, 0.717) is 23.9 Å². The molecule has 2 rings (SSSR count). The van der Waals surface area contributed by atoms with Gasteiger partial charge in [-0.1, -0.05) is 32.0 Å². The number of anilines is 1. The van der Waals surface area contributed by atoms with Crippen LogP contribution in [0.1, 0.15) is 54.4 Å². The van der Waals surface area contributed by atoms with Gasteiger partial charge in [0, 0.05) is 18.2 Å². The van der Waals surface area contributed by atoms with Crippen molar-refractivity contribution in [3.8, 4) is 0 Å². The van der Waals surface area contributed by atoms with E-state index in [-0.39, 0.29) is 11.8 Å². The van der Waals surface area contributed by atoms with Crippen molar-refractivity contribution in [2.75, 3.05) is 11.4 Å². The van der Waals surface area contributed by atoms with E-state index in [1.54, 1.807) is 11.8 Å². The number of benzene rings is 1. The molecule has 0 saturated heterocycles. The fourth-order valence-electron chi connectivity index (χ4n) is 2.28. The molecule has 0 aliphatic carbocycles. The van der Waals surface area contributed by atoms with Gasteiger partial charge in [-0.25, -0.2) is 4.98 Å². The van der Waals surface area contributed by atoms with Crippen molar-refractivity contribution in [3.63, 3.8) is 0 Å². The molecule has 0 radical (unpaired) electrons. The highest BCUT2D eigenvalue weighted by atomic mass is 16.4. The monoisotopic (exact) mass is 286 g/mol. The zero-order chi connectivity index (χ0) is 15.6. The first-order valence-electron chi connectivity index (χ1n) is 7.30. The van der Waals surface area contributed by atoms with Crippen LogP contribution < -0.4 is 4.90 Å². The summed E-state index contributed by atoms with van der Waals surface area (Å²) in [7, 11) is 0. The molecule has 0 fully saturated rings. The second kappa shape index (κ2) is 6.12. The van der Waals surface area contributed by atoms with Crippen LogP contribution in [0.25, 0.3) is 0 Å². The van der Waals surface area contributed by atoms with Crippen molar-refractivity contribution in [3.05, 3.63) is 47.2 Å². The van der Waals surface area contributed by atoms with Crippen LogP contribution in [0.2, 0.25) is 0 Å². The molecule has 0 spiro atoms. The summed E-state index contributed by atoms with van der Waals surface area (Å²) in [6.07, 6.45) is 0. The highest BCUT2D eigenvalue weighted by Crippen LogP contribution is 2.24. The maximum atomic E-state index is 12.8. The quantitative estimate of drug-likeness (QED) is 0.850. The number of carbonyl (C=O) groups is 1. The molecule has 2 aromatic rings. The zero-order valence-corrected chi connectivity index (χ0v) is 13.3. The van der Waals surface area contributed by atoms with E-state index in [1.807, 2.05) is 52.0 Å². The Labute approximate surface area is 125 Å². The van der Waals surface area contributed by atoms with Gasteiger partial charge in [0.25, 0.3) is 5.91 Å². The van der Waals surface area contributed by atoms with E-state index < -0.39 is 0 Å². The van der Waals surface area contributed by atoms with Crippen LogP contribution in [0.15, 0.2) is 28.7 Å². The molecule has 1 aromatic heterocycles. The van der Waals surface area contributed by atoms with Gasteiger partial charge >= 0.3 is 0 Å². The lowest BCUT2D eigenvalue weighted by molar-refractivity contribution is 0.0982. The molecular formula is C17H22N2O2. The third kappa shape index (κ3) is 2.99. The van der Waals surface area contributed by atoms with Gasteiger partial charge < -0.3 is 9.32 Å². The Morgan fingerprint density at radius 2 is 1.95 bits per heavy atom. The SMILES string of the molecule is CCN(C(=O)c1nc(C(C)C)oc1C)c1ccccc1C. The van der Waals surface area contributed by atoms with Gasteiger partial charge in [-0.15, -0.1) is 0 Å². The van der Waals surface area contributed by atoms with Crippen LogP contribution in [0.5, 0.6) is 0 Å². The smallest absolute Gasteiger partial charge is 0.280 e. The molecule has 1 heterocycles. The minimum absolute atomic E-state index is 0.111. The predicted octanol–water partition coefficient (Wildman–Crippen LogP) is 4.08. The van der Waals surface area contributed by atoms with Crippen LogP contribution in [0.4, 0.5) is 5.69 Å². The molecule has 0 aliphatic rings. The summed E-state index contributed by atoms with van der Waals surface area (Å²) in [6, 6.07) is 7.86. The van der Waals surface area contributed by atoms with Gasteiger partial charge in [0.2, 0.25) is 0 Å². The molecule has 21 heavy (non-hydrogen) atoms. The van der Waals surface area contributed by atoms with Gasteiger partial charge in [0.15, 0.2) is 11.6 Å². The van der Waals surface area contributed by atoms with E-state index >= 15 is 0 Å². The Balaban J connectivity index is 2.40. The van der Waals surface area contributed by atoms with Crippen molar-refractivity contribution in [2.45, 2.75) is 40.5 Å². The van der Waals surface area contributed by atoms with Crippen LogP contribution in [0.3, 0.4) is 0 Å². The number of rotatable bonds is 4. The summed E-state index contributed by atoms with van der Waals surface area (Å²) >= 11 is 0. The van der Waals surface area contributed by atoms with E-state index in [9.17, 15) is 4.79 Å². The van der Waals surface area contributed by atoms with E-state index in [0.717, 1.165) is 11.3 Å². The molecule has 0 unspecified atom stereocenters. The summed E-state index contributed by atoms with van der Waals surface area (Å²) in [5.74, 6) is 1.24. The maximum absolute atomic E-state index is 12.8. The summed E-state index contributed by atoms with van der Waals surface area (Å²) in [6.45, 7) is 10.3. The van der Waals surface area contributed by atoms with E-state index in [4.69, 9.17) is 4.42 Å². The first-order chi connectivity index (χ1) is 9.95. The number of aryl methyl sites for hydroxylation is 2. The Morgan fingerprint density at radius 1 is 1.29 bits per heavy atom. The average Bonchev–Trinajstić information content (AvgIpc) is 2.84. The van der Waals surface area contributed by atoms with Gasteiger partial charge in [-0.3, -0.25) is 4.79 Å². The Kier molecular flexibility index (Phi) is 4.46. The number of hydrogen-bond donors (Lipinski definition) is 0. The van der Waals surface area contributed by atoms with Gasteiger partial charge in [-0.05, 0) is 32.4 Å². The van der Waals surface area contributed by atoms with Crippen molar-refractivity contribution >= 4 is 11.6 Å². The second-order valence-corrected chi connectivity index (χ2v) is 5.45. The molecular weight excluding hydrogens is 264 g/mol. The summed E-state index contributed by atoms with van der Waals surface area (Å²) < 4.78 is 5.60. The maximum Gasteiger partial charge on any atom is 0.280 e. The number of oxazole rings is 1. The summed E-state index contributed by atoms with van der Waals surface area (Å²) in [4.78, 5) is 18.9. The molecule has 0 saturated carbocycles. The highest BCUT2D eigenvalue weighted by Gasteiger charge is 2.24. The number of hydrogen-bond acceptors (Lipinski definition) is 3. The van der Waals surface area contributed by atoms with Crippen molar-refractivity contribution in [2.24, 2.45) is 0 Å². The largest absolute Gasteiger partial charge is 0.445 e. The van der Waals surface area contributed by atoms with Gasteiger partial charge in [0.1, 0.15) is 5.76 Å². The number of para-hydroxylation sites is 1. The van der Waals surface area contributed by atoms with Crippen LogP contribution in [-0.2, 0) is 0 Å². The Bertz CT molecular complexity index is 644. The van der Waals surface area contributed by atoms with Crippen LogP contribution in [-0.4, -0.2) is 17.4 Å². The molecule has 0 bridgehead atoms. The molecule has 0 aliphatic heterocycles. The molecule has 1 aromatic carbocycles. The highest BCUT2D eigenvalue weighted by molar-refractivity contribution is 6.05. The third-order valence-electron chi connectivity index (χ3n) is 3.48. The van der Waals surface area contributed by atoms with Crippen molar-refractivity contribution in [1.29, 1.82) is 0 Å². The first kappa shape index (κ1) is 15.3. The lowest BCUT2D eigenvalue weighted by atomic mass is 10.1. The zero-order valence-electron chi connectivity index (χ0n) is 13.3. The Hall–Kier alpha value is -2.10. The van der Waals surface area contributed by atoms with Crippen LogP contribution >= 0.6 is 0 Å². The predicted molar refractivity (Wildman–Crippen MR) is 83.9 cm³/mol. The fraction of sp³-hybridized carbons (Fsp3) is 0.412. The number of amides is 1. The van der Waals surface area contributed by atoms with Crippen LogP contribution in [0, 0.1) is 13.8 Å². The van der Waals surface area contributed by atoms with E-state index in [1.165, 1.54) is 0 Å². The molecule has 1 amide bonds. The number of aromatic nitrogens is 1. The number of nitrogens with zero attached hydrogens (tertiary/aromatic N) is 2. The minimum Gasteiger partial charge on any atom is -0.445 e. The topological polar surface area (TPSA) is 46.3 Å². The van der Waals surface area contributed by atoms with Crippen molar-refractivity contribution in [1.82, 2.24) is 4.98 Å². The van der Waals surface area contributed by atoms with Crippen molar-refractivity contribution < 1.29 is 9.21 Å².